The average Bonchev–Trinajstić information content (AvgIpc) is 3.04. The van der Waals surface area contributed by atoms with Gasteiger partial charge in [-0.25, -0.2) is 0 Å². The summed E-state index contributed by atoms with van der Waals surface area (Å²) in [6, 6.07) is 14.5. The second-order valence-electron chi connectivity index (χ2n) is 7.60. The van der Waals surface area contributed by atoms with Crippen molar-refractivity contribution >= 4 is 28.5 Å². The largest absolute Gasteiger partial charge is 0.496 e. The Morgan fingerprint density at radius 2 is 1.69 bits per heavy atom. The number of rotatable bonds is 4. The minimum Gasteiger partial charge on any atom is -0.496 e. The van der Waals surface area contributed by atoms with Crippen LogP contribution in [0.25, 0.3) is 10.9 Å². The highest BCUT2D eigenvalue weighted by Gasteiger charge is 2.50. The number of likely N-dealkylation sites (N-methyl/N-ethyl adjacent to an activating group) is 1. The van der Waals surface area contributed by atoms with E-state index >= 15 is 0 Å². The topological polar surface area (TPSA) is 68.6 Å². The number of nitrogens with zero attached hydrogens (tertiary/aromatic N) is 2. The first-order chi connectivity index (χ1) is 13.8. The lowest BCUT2D eigenvalue weighted by atomic mass is 9.75. The van der Waals surface area contributed by atoms with Crippen LogP contribution in [0, 0.1) is 0 Å². The van der Waals surface area contributed by atoms with Crippen LogP contribution in [0.1, 0.15) is 39.8 Å². The van der Waals surface area contributed by atoms with E-state index < -0.39 is 5.41 Å². The van der Waals surface area contributed by atoms with Crippen molar-refractivity contribution in [3.05, 3.63) is 65.4 Å². The lowest BCUT2D eigenvalue weighted by molar-refractivity contribution is -0.133. The maximum atomic E-state index is 13.3. The van der Waals surface area contributed by atoms with Gasteiger partial charge >= 0.3 is 0 Å². The third-order valence-corrected chi connectivity index (χ3v) is 5.85. The number of hydrogen-bond donors (Lipinski definition) is 0. The predicted octanol–water partition coefficient (Wildman–Crippen LogP) is 3.33. The number of ether oxygens (including phenoxy) is 1. The Morgan fingerprint density at radius 1 is 1.03 bits per heavy atom. The second kappa shape index (κ2) is 6.58. The highest BCUT2D eigenvalue weighted by atomic mass is 16.5. The van der Waals surface area contributed by atoms with E-state index in [9.17, 15) is 14.4 Å². The molecule has 2 amide bonds. The zero-order valence-electron chi connectivity index (χ0n) is 16.9. The third kappa shape index (κ3) is 2.59. The van der Waals surface area contributed by atoms with E-state index in [0.29, 0.717) is 22.6 Å². The van der Waals surface area contributed by atoms with Crippen LogP contribution in [0.15, 0.2) is 48.5 Å². The molecule has 3 aromatic rings. The molecule has 29 heavy (non-hydrogen) atoms. The molecule has 0 fully saturated rings. The van der Waals surface area contributed by atoms with Crippen LogP contribution in [0.2, 0.25) is 0 Å². The van der Waals surface area contributed by atoms with Gasteiger partial charge in [0, 0.05) is 37.1 Å². The van der Waals surface area contributed by atoms with Crippen molar-refractivity contribution in [2.45, 2.75) is 18.8 Å². The van der Waals surface area contributed by atoms with Crippen molar-refractivity contribution < 1.29 is 19.1 Å². The van der Waals surface area contributed by atoms with E-state index in [1.54, 1.807) is 31.2 Å². The number of benzene rings is 2. The number of aromatic nitrogens is 1. The Morgan fingerprint density at radius 3 is 2.41 bits per heavy atom. The van der Waals surface area contributed by atoms with Crippen LogP contribution in [0.5, 0.6) is 5.75 Å². The zero-order chi connectivity index (χ0) is 20.9. The molecule has 1 aliphatic heterocycles. The summed E-state index contributed by atoms with van der Waals surface area (Å²) < 4.78 is 7.18. The van der Waals surface area contributed by atoms with Crippen molar-refractivity contribution in [1.29, 1.82) is 0 Å². The molecule has 6 heteroatoms. The van der Waals surface area contributed by atoms with Crippen molar-refractivity contribution in [2.24, 2.45) is 7.05 Å². The normalized spacial score (nSPS) is 18.8. The number of methoxy groups -OCH3 is 1. The zero-order valence-corrected chi connectivity index (χ0v) is 16.9. The summed E-state index contributed by atoms with van der Waals surface area (Å²) in [5, 5.41) is 0.783. The fourth-order valence-corrected chi connectivity index (χ4v) is 4.44. The molecule has 0 spiro atoms. The van der Waals surface area contributed by atoms with Gasteiger partial charge in [0.25, 0.3) is 5.91 Å². The molecule has 0 saturated carbocycles. The van der Waals surface area contributed by atoms with Gasteiger partial charge in [0.1, 0.15) is 5.75 Å². The monoisotopic (exact) mass is 390 g/mol. The number of para-hydroxylation sites is 2. The van der Waals surface area contributed by atoms with Crippen molar-refractivity contribution in [2.75, 3.05) is 14.2 Å². The molecule has 4 rings (SSSR count). The summed E-state index contributed by atoms with van der Waals surface area (Å²) in [4.78, 5) is 40.6. The molecular formula is C23H22N2O4. The summed E-state index contributed by atoms with van der Waals surface area (Å²) in [7, 11) is 4.81. The minimum absolute atomic E-state index is 0.0685. The summed E-state index contributed by atoms with van der Waals surface area (Å²) in [5.41, 5.74) is 1.16. The van der Waals surface area contributed by atoms with Gasteiger partial charge in [-0.3, -0.25) is 19.3 Å². The van der Waals surface area contributed by atoms with Crippen LogP contribution < -0.4 is 4.74 Å². The Bertz CT molecular complexity index is 1180. The average molecular weight is 390 g/mol. The van der Waals surface area contributed by atoms with E-state index in [4.69, 9.17) is 4.74 Å². The first-order valence-electron chi connectivity index (χ1n) is 9.38. The Hall–Kier alpha value is -3.41. The molecule has 0 saturated heterocycles. The van der Waals surface area contributed by atoms with Crippen molar-refractivity contribution in [1.82, 2.24) is 9.47 Å². The van der Waals surface area contributed by atoms with Gasteiger partial charge in [0.05, 0.1) is 23.7 Å². The van der Waals surface area contributed by atoms with Crippen molar-refractivity contribution in [3.63, 3.8) is 0 Å². The minimum atomic E-state index is -1.18. The van der Waals surface area contributed by atoms with Crippen LogP contribution >= 0.6 is 0 Å². The van der Waals surface area contributed by atoms with E-state index in [-0.39, 0.29) is 24.0 Å². The summed E-state index contributed by atoms with van der Waals surface area (Å²) in [5.74, 6) is -0.475. The lowest BCUT2D eigenvalue weighted by Gasteiger charge is -2.37. The number of ketones is 1. The third-order valence-electron chi connectivity index (χ3n) is 5.85. The number of imide groups is 1. The van der Waals surface area contributed by atoms with E-state index in [1.807, 2.05) is 35.9 Å². The van der Waals surface area contributed by atoms with Gasteiger partial charge < -0.3 is 9.30 Å². The molecule has 0 radical (unpaired) electrons. The molecule has 0 N–H and O–H groups in total. The van der Waals surface area contributed by atoms with Gasteiger partial charge in [-0.15, -0.1) is 0 Å². The van der Waals surface area contributed by atoms with Crippen LogP contribution in [0.3, 0.4) is 0 Å². The fourth-order valence-electron chi connectivity index (χ4n) is 4.44. The number of aryl methyl sites for hydroxylation is 1. The quantitative estimate of drug-likeness (QED) is 0.506. The highest BCUT2D eigenvalue weighted by molar-refractivity contribution is 6.20. The van der Waals surface area contributed by atoms with E-state index in [2.05, 4.69) is 0 Å². The molecule has 1 atom stereocenters. The van der Waals surface area contributed by atoms with E-state index in [0.717, 1.165) is 15.8 Å². The number of amides is 2. The number of fused-ring (bicyclic) bond motifs is 3. The molecule has 2 aromatic carbocycles. The maximum absolute atomic E-state index is 13.3. The Kier molecular flexibility index (Phi) is 4.30. The lowest BCUT2D eigenvalue weighted by Crippen LogP contribution is -2.52. The SMILES string of the molecule is COc1ccccc1C(=O)CC1(C)C(=O)N(C)C(=O)c2c1n(C)c1ccccc21. The molecule has 0 bridgehead atoms. The van der Waals surface area contributed by atoms with Gasteiger partial charge in [-0.2, -0.15) is 0 Å². The summed E-state index contributed by atoms with van der Waals surface area (Å²) >= 11 is 0. The Balaban J connectivity index is 1.91. The van der Waals surface area contributed by atoms with E-state index in [1.165, 1.54) is 14.2 Å². The van der Waals surface area contributed by atoms with Gasteiger partial charge in [-0.1, -0.05) is 30.3 Å². The van der Waals surface area contributed by atoms with Gasteiger partial charge in [0.2, 0.25) is 5.91 Å². The standard InChI is InChI=1S/C23H22N2O4/c1-23(13-17(26)15-10-6-8-12-18(15)29-4)20-19(21(27)25(3)22(23)28)14-9-5-7-11-16(14)24(20)2/h5-12H,13H2,1-4H3. The molecule has 0 aliphatic carbocycles. The number of carbonyl (C=O) groups is 3. The summed E-state index contributed by atoms with van der Waals surface area (Å²) in [6.07, 6.45) is -0.0685. The predicted molar refractivity (Wildman–Crippen MR) is 109 cm³/mol. The summed E-state index contributed by atoms with van der Waals surface area (Å²) in [6.45, 7) is 1.74. The molecule has 148 valence electrons. The molecule has 2 heterocycles. The Labute approximate surface area is 168 Å². The molecule has 1 aromatic heterocycles. The second-order valence-corrected chi connectivity index (χ2v) is 7.60. The molecular weight excluding hydrogens is 368 g/mol. The van der Waals surface area contributed by atoms with Crippen molar-refractivity contribution in [3.8, 4) is 5.75 Å². The maximum Gasteiger partial charge on any atom is 0.262 e. The fraction of sp³-hybridized carbons (Fsp3) is 0.261. The first kappa shape index (κ1) is 18.9. The number of carbonyl (C=O) groups excluding carboxylic acids is 3. The van der Waals surface area contributed by atoms with Crippen LogP contribution in [0.4, 0.5) is 0 Å². The molecule has 1 aliphatic rings. The molecule has 1 unspecified atom stereocenters. The highest BCUT2D eigenvalue weighted by Crippen LogP contribution is 2.42. The van der Waals surface area contributed by atoms with Gasteiger partial charge in [-0.05, 0) is 25.1 Å². The van der Waals surface area contributed by atoms with Crippen LogP contribution in [-0.4, -0.2) is 41.2 Å². The number of Topliss-reactive ketones (excluding diaryl/α,β-unsaturated/α-hetero) is 1. The smallest absolute Gasteiger partial charge is 0.262 e. The first-order valence-corrected chi connectivity index (χ1v) is 9.38. The van der Waals surface area contributed by atoms with Gasteiger partial charge in [0.15, 0.2) is 5.78 Å². The van der Waals surface area contributed by atoms with Crippen LogP contribution in [-0.2, 0) is 17.3 Å². The number of hydrogen-bond acceptors (Lipinski definition) is 4. The molecule has 6 nitrogen and oxygen atoms in total.